The molecule has 17 heavy (non-hydrogen) atoms. The average molecular weight is 258 g/mol. The first kappa shape index (κ1) is 14.7. The van der Waals surface area contributed by atoms with Crippen LogP contribution in [0.25, 0.3) is 0 Å². The molecule has 0 unspecified atom stereocenters. The Hall–Kier alpha value is -0.350. The molecule has 100 valence electrons. The van der Waals surface area contributed by atoms with Crippen molar-refractivity contribution in [3.63, 3.8) is 0 Å². The summed E-state index contributed by atoms with van der Waals surface area (Å²) in [6.45, 7) is 8.52. The lowest BCUT2D eigenvalue weighted by Crippen LogP contribution is -2.40. The third-order valence-electron chi connectivity index (χ3n) is 4.03. The van der Waals surface area contributed by atoms with Gasteiger partial charge in [-0.25, -0.2) is 0 Å². The predicted molar refractivity (Wildman–Crippen MR) is 76.3 cm³/mol. The van der Waals surface area contributed by atoms with Gasteiger partial charge in [-0.05, 0) is 43.3 Å². The van der Waals surface area contributed by atoms with Crippen LogP contribution in [0.15, 0.2) is 0 Å². The summed E-state index contributed by atoms with van der Waals surface area (Å²) in [4.78, 5) is 2.33. The SMILES string of the molecule is CCC1(CC)CCN(C(=S)NCCCOC)C1. The van der Waals surface area contributed by atoms with E-state index < -0.39 is 0 Å². The van der Waals surface area contributed by atoms with Crippen LogP contribution < -0.4 is 5.32 Å². The second kappa shape index (κ2) is 7.17. The summed E-state index contributed by atoms with van der Waals surface area (Å²) in [5, 5.41) is 4.24. The highest BCUT2D eigenvalue weighted by Gasteiger charge is 2.35. The molecule has 1 fully saturated rings. The average Bonchev–Trinajstić information content (AvgIpc) is 2.79. The third-order valence-corrected chi connectivity index (χ3v) is 4.43. The number of hydrogen-bond donors (Lipinski definition) is 1. The van der Waals surface area contributed by atoms with Crippen LogP contribution in [0.3, 0.4) is 0 Å². The molecule has 0 aromatic heterocycles. The maximum atomic E-state index is 5.44. The predicted octanol–water partition coefficient (Wildman–Crippen LogP) is 2.41. The van der Waals surface area contributed by atoms with Crippen molar-refractivity contribution in [3.8, 4) is 0 Å². The molecule has 1 aliphatic rings. The molecule has 0 amide bonds. The van der Waals surface area contributed by atoms with Crippen LogP contribution >= 0.6 is 12.2 Å². The van der Waals surface area contributed by atoms with E-state index in [1.807, 2.05) is 0 Å². The first-order valence-corrected chi connectivity index (χ1v) is 7.10. The molecule has 1 rings (SSSR count). The monoisotopic (exact) mass is 258 g/mol. The van der Waals surface area contributed by atoms with Gasteiger partial charge in [0.25, 0.3) is 0 Å². The molecule has 4 heteroatoms. The van der Waals surface area contributed by atoms with Crippen molar-refractivity contribution in [2.24, 2.45) is 5.41 Å². The minimum absolute atomic E-state index is 0.498. The number of thiocarbonyl (C=S) groups is 1. The van der Waals surface area contributed by atoms with Gasteiger partial charge >= 0.3 is 0 Å². The normalized spacial score (nSPS) is 18.4. The summed E-state index contributed by atoms with van der Waals surface area (Å²) in [5.74, 6) is 0. The second-order valence-electron chi connectivity index (χ2n) is 4.96. The third kappa shape index (κ3) is 4.11. The number of methoxy groups -OCH3 is 1. The molecule has 0 aliphatic carbocycles. The van der Waals surface area contributed by atoms with Gasteiger partial charge in [0, 0.05) is 33.4 Å². The number of hydrogen-bond acceptors (Lipinski definition) is 2. The van der Waals surface area contributed by atoms with E-state index in [4.69, 9.17) is 17.0 Å². The fourth-order valence-corrected chi connectivity index (χ4v) is 2.72. The lowest BCUT2D eigenvalue weighted by molar-refractivity contribution is 0.195. The van der Waals surface area contributed by atoms with Crippen molar-refractivity contribution in [1.82, 2.24) is 10.2 Å². The highest BCUT2D eigenvalue weighted by Crippen LogP contribution is 2.36. The Kier molecular flexibility index (Phi) is 6.20. The Morgan fingerprint density at radius 2 is 2.12 bits per heavy atom. The molecule has 1 aliphatic heterocycles. The molecule has 0 bridgehead atoms. The minimum atomic E-state index is 0.498. The molecule has 1 saturated heterocycles. The molecular formula is C13H26N2OS. The molecule has 0 saturated carbocycles. The van der Waals surface area contributed by atoms with Crippen molar-refractivity contribution in [1.29, 1.82) is 0 Å². The Morgan fingerprint density at radius 1 is 1.41 bits per heavy atom. The van der Waals surface area contributed by atoms with Crippen LogP contribution in [0.1, 0.15) is 39.5 Å². The van der Waals surface area contributed by atoms with Crippen molar-refractivity contribution >= 4 is 17.3 Å². The van der Waals surface area contributed by atoms with Gasteiger partial charge in [0.05, 0.1) is 0 Å². The second-order valence-corrected chi connectivity index (χ2v) is 5.34. The lowest BCUT2D eigenvalue weighted by atomic mass is 9.82. The Balaban J connectivity index is 2.30. The van der Waals surface area contributed by atoms with E-state index in [1.54, 1.807) is 7.11 Å². The Morgan fingerprint density at radius 3 is 2.65 bits per heavy atom. The van der Waals surface area contributed by atoms with Crippen molar-refractivity contribution in [2.75, 3.05) is 33.4 Å². The highest BCUT2D eigenvalue weighted by molar-refractivity contribution is 7.80. The molecule has 0 aromatic carbocycles. The van der Waals surface area contributed by atoms with Crippen molar-refractivity contribution in [2.45, 2.75) is 39.5 Å². The van der Waals surface area contributed by atoms with Gasteiger partial charge in [-0.1, -0.05) is 13.8 Å². The van der Waals surface area contributed by atoms with E-state index in [9.17, 15) is 0 Å². The molecule has 0 atom stereocenters. The zero-order chi connectivity index (χ0) is 12.7. The summed E-state index contributed by atoms with van der Waals surface area (Å²) in [5.41, 5.74) is 0.498. The first-order valence-electron chi connectivity index (χ1n) is 6.69. The van der Waals surface area contributed by atoms with Crippen molar-refractivity contribution in [3.05, 3.63) is 0 Å². The van der Waals surface area contributed by atoms with Crippen LogP contribution in [-0.2, 0) is 4.74 Å². The maximum Gasteiger partial charge on any atom is 0.168 e. The molecule has 1 heterocycles. The van der Waals surface area contributed by atoms with Crippen molar-refractivity contribution < 1.29 is 4.74 Å². The van der Waals surface area contributed by atoms with Crippen LogP contribution in [0.5, 0.6) is 0 Å². The first-order chi connectivity index (χ1) is 8.17. The zero-order valence-corrected chi connectivity index (χ0v) is 12.2. The smallest absolute Gasteiger partial charge is 0.168 e. The van der Waals surface area contributed by atoms with E-state index in [1.165, 1.54) is 19.3 Å². The maximum absolute atomic E-state index is 5.44. The van der Waals surface area contributed by atoms with Gasteiger partial charge in [-0.2, -0.15) is 0 Å². The van der Waals surface area contributed by atoms with Gasteiger partial charge in [0.1, 0.15) is 0 Å². The summed E-state index contributed by atoms with van der Waals surface area (Å²) in [6.07, 6.45) is 4.80. The summed E-state index contributed by atoms with van der Waals surface area (Å²) in [6, 6.07) is 0. The van der Waals surface area contributed by atoms with Crippen LogP contribution in [0, 0.1) is 5.41 Å². The Bertz CT molecular complexity index is 242. The molecule has 0 aromatic rings. The van der Waals surface area contributed by atoms with Crippen LogP contribution in [-0.4, -0.2) is 43.4 Å². The summed E-state index contributed by atoms with van der Waals surface area (Å²) >= 11 is 5.44. The quantitative estimate of drug-likeness (QED) is 0.584. The topological polar surface area (TPSA) is 24.5 Å². The number of nitrogens with one attached hydrogen (secondary N) is 1. The van der Waals surface area contributed by atoms with E-state index in [0.29, 0.717) is 5.41 Å². The van der Waals surface area contributed by atoms with Gasteiger partial charge < -0.3 is 15.0 Å². The van der Waals surface area contributed by atoms with Gasteiger partial charge in [0.15, 0.2) is 5.11 Å². The van der Waals surface area contributed by atoms with E-state index >= 15 is 0 Å². The lowest BCUT2D eigenvalue weighted by Gasteiger charge is -2.27. The highest BCUT2D eigenvalue weighted by atomic mass is 32.1. The van der Waals surface area contributed by atoms with Crippen LogP contribution in [0.2, 0.25) is 0 Å². The molecule has 0 spiro atoms. The summed E-state index contributed by atoms with van der Waals surface area (Å²) < 4.78 is 5.02. The Labute approximate surface area is 111 Å². The molecule has 3 nitrogen and oxygen atoms in total. The number of nitrogens with zero attached hydrogens (tertiary/aromatic N) is 1. The molecule has 1 N–H and O–H groups in total. The fraction of sp³-hybridized carbons (Fsp3) is 0.923. The molecule has 0 radical (unpaired) electrons. The fourth-order valence-electron chi connectivity index (χ4n) is 2.46. The summed E-state index contributed by atoms with van der Waals surface area (Å²) in [7, 11) is 1.73. The number of rotatable bonds is 6. The van der Waals surface area contributed by atoms with E-state index in [0.717, 1.165) is 37.8 Å². The van der Waals surface area contributed by atoms with E-state index in [2.05, 4.69) is 24.1 Å². The van der Waals surface area contributed by atoms with Gasteiger partial charge in [0.2, 0.25) is 0 Å². The standard InChI is InChI=1S/C13H26N2OS/c1-4-13(5-2)7-9-15(11-13)12(17)14-8-6-10-16-3/h4-11H2,1-3H3,(H,14,17). The largest absolute Gasteiger partial charge is 0.385 e. The number of ether oxygens (including phenoxy) is 1. The van der Waals surface area contributed by atoms with Crippen LogP contribution in [0.4, 0.5) is 0 Å². The number of likely N-dealkylation sites (tertiary alicyclic amines) is 1. The zero-order valence-electron chi connectivity index (χ0n) is 11.4. The molecular weight excluding hydrogens is 232 g/mol. The minimum Gasteiger partial charge on any atom is -0.385 e. The van der Waals surface area contributed by atoms with Gasteiger partial charge in [-0.15, -0.1) is 0 Å². The van der Waals surface area contributed by atoms with Gasteiger partial charge in [-0.3, -0.25) is 0 Å². The van der Waals surface area contributed by atoms with E-state index in [-0.39, 0.29) is 0 Å².